The van der Waals surface area contributed by atoms with E-state index < -0.39 is 5.60 Å². The van der Waals surface area contributed by atoms with Crippen LogP contribution in [0, 0.1) is 18.6 Å². The van der Waals surface area contributed by atoms with Crippen molar-refractivity contribution in [3.63, 3.8) is 0 Å². The number of ether oxygens (including phenoxy) is 1. The minimum absolute atomic E-state index is 0.316. The third-order valence-corrected chi connectivity index (χ3v) is 10.9. The van der Waals surface area contributed by atoms with Crippen molar-refractivity contribution < 1.29 is 13.5 Å². The lowest BCUT2D eigenvalue weighted by atomic mass is 9.81. The molecular formula is C46H32F2N2O. The van der Waals surface area contributed by atoms with Crippen molar-refractivity contribution in [2.45, 2.75) is 12.5 Å². The Morgan fingerprint density at radius 1 is 0.647 bits per heavy atom. The van der Waals surface area contributed by atoms with Crippen LogP contribution in [0.1, 0.15) is 22.3 Å². The molecule has 1 unspecified atom stereocenters. The molecule has 3 nitrogen and oxygen atoms in total. The van der Waals surface area contributed by atoms with Crippen molar-refractivity contribution in [2.75, 3.05) is 19.0 Å². The first kappa shape index (κ1) is 29.7. The average molecular weight is 667 g/mol. The summed E-state index contributed by atoms with van der Waals surface area (Å²) in [6.45, 7) is 2.02. The zero-order chi connectivity index (χ0) is 34.6. The quantitative estimate of drug-likeness (QED) is 0.186. The molecule has 1 aliphatic carbocycles. The summed E-state index contributed by atoms with van der Waals surface area (Å²) in [7, 11) is 4.03. The van der Waals surface area contributed by atoms with Gasteiger partial charge < -0.3 is 14.2 Å². The van der Waals surface area contributed by atoms with Crippen LogP contribution >= 0.6 is 0 Å². The smallest absolute Gasteiger partial charge is 0.178 e. The van der Waals surface area contributed by atoms with Gasteiger partial charge >= 0.3 is 0 Å². The largest absolute Gasteiger partial charge is 0.472 e. The van der Waals surface area contributed by atoms with Gasteiger partial charge in [-0.2, -0.15) is 0 Å². The third kappa shape index (κ3) is 4.09. The number of fused-ring (bicyclic) bond motifs is 8. The Hall–Kier alpha value is -6.20. The van der Waals surface area contributed by atoms with E-state index in [0.29, 0.717) is 11.1 Å². The molecule has 0 saturated carbocycles. The van der Waals surface area contributed by atoms with Crippen molar-refractivity contribution in [1.29, 1.82) is 0 Å². The minimum Gasteiger partial charge on any atom is -0.472 e. The van der Waals surface area contributed by atoms with Gasteiger partial charge in [-0.25, -0.2) is 8.78 Å². The van der Waals surface area contributed by atoms with Crippen LogP contribution in [0.2, 0.25) is 0 Å². The van der Waals surface area contributed by atoms with E-state index in [9.17, 15) is 4.39 Å². The number of hydrogen-bond donors (Lipinski definition) is 0. The molecule has 0 bridgehead atoms. The number of benzene rings is 7. The molecule has 1 aromatic heterocycles. The number of para-hydroxylation sites is 2. The highest BCUT2D eigenvalue weighted by molar-refractivity contribution is 6.19. The number of anilines is 1. The van der Waals surface area contributed by atoms with Crippen LogP contribution in [0.5, 0.6) is 5.75 Å². The Balaban J connectivity index is 1.19. The van der Waals surface area contributed by atoms with E-state index >= 15 is 4.39 Å². The standard InChI is InChI=1S/C46H32F2N2O/c1-27-33-24-25-46(28-12-17-31(18-13-28)49(2)3,51-45(33)44-39(48)23-22-37-34-21-16-30(47)26-38(34)42(27)43(37)44)29-14-19-32(20-15-29)50-40-10-6-4-8-35(40)36-9-5-7-11-41(36)50/h4-26H,1-3H3. The molecule has 0 fully saturated rings. The molecule has 0 radical (unpaired) electrons. The molecule has 2 aliphatic rings. The van der Waals surface area contributed by atoms with Gasteiger partial charge in [-0.1, -0.05) is 78.9 Å². The zero-order valence-corrected chi connectivity index (χ0v) is 28.3. The van der Waals surface area contributed by atoms with Crippen molar-refractivity contribution in [3.05, 3.63) is 167 Å². The fourth-order valence-electron chi connectivity index (χ4n) is 8.45. The highest BCUT2D eigenvalue weighted by atomic mass is 19.1. The van der Waals surface area contributed by atoms with E-state index in [-0.39, 0.29) is 11.6 Å². The predicted molar refractivity (Wildman–Crippen MR) is 205 cm³/mol. The summed E-state index contributed by atoms with van der Waals surface area (Å²) in [5.41, 5.74) is 10.3. The molecule has 1 atom stereocenters. The van der Waals surface area contributed by atoms with E-state index in [0.717, 1.165) is 72.3 Å². The van der Waals surface area contributed by atoms with Crippen molar-refractivity contribution in [2.24, 2.45) is 0 Å². The molecule has 246 valence electrons. The molecule has 0 N–H and O–H groups in total. The fourth-order valence-corrected chi connectivity index (χ4v) is 8.45. The van der Waals surface area contributed by atoms with Crippen molar-refractivity contribution in [1.82, 2.24) is 4.57 Å². The first-order valence-electron chi connectivity index (χ1n) is 17.2. The summed E-state index contributed by atoms with van der Waals surface area (Å²) in [6.07, 6.45) is 4.15. The van der Waals surface area contributed by atoms with E-state index in [2.05, 4.69) is 119 Å². The number of hydrogen-bond acceptors (Lipinski definition) is 2. The van der Waals surface area contributed by atoms with Crippen molar-refractivity contribution >= 4 is 44.3 Å². The molecular weight excluding hydrogens is 635 g/mol. The lowest BCUT2D eigenvalue weighted by Crippen LogP contribution is -2.34. The monoisotopic (exact) mass is 666 g/mol. The SMILES string of the molecule is Cc1c2c(c3c(F)ccc4c3c1-c1cc(F)ccc1-4)OC(c1ccc(N(C)C)cc1)(c1ccc(-n3c4ccccc4c4ccccc43)cc1)C=C2. The van der Waals surface area contributed by atoms with Gasteiger partial charge in [0.1, 0.15) is 17.4 Å². The molecule has 0 spiro atoms. The molecule has 5 heteroatoms. The van der Waals surface area contributed by atoms with Gasteiger partial charge in [0.15, 0.2) is 5.60 Å². The van der Waals surface area contributed by atoms with Crippen LogP contribution < -0.4 is 9.64 Å². The van der Waals surface area contributed by atoms with Crippen LogP contribution in [0.15, 0.2) is 133 Å². The Bertz CT molecular complexity index is 2720. The molecule has 1 aliphatic heterocycles. The Labute approximate surface area is 294 Å². The molecule has 0 saturated heterocycles. The van der Waals surface area contributed by atoms with Crippen LogP contribution in [0.4, 0.5) is 14.5 Å². The summed E-state index contributed by atoms with van der Waals surface area (Å²) in [6, 6.07) is 42.0. The van der Waals surface area contributed by atoms with E-state index in [4.69, 9.17) is 4.74 Å². The molecule has 0 amide bonds. The Morgan fingerprint density at radius 2 is 1.27 bits per heavy atom. The second kappa shape index (κ2) is 10.6. The first-order valence-corrected chi connectivity index (χ1v) is 17.2. The van der Waals surface area contributed by atoms with Gasteiger partial charge in [-0.15, -0.1) is 0 Å². The van der Waals surface area contributed by atoms with Crippen LogP contribution in [0.3, 0.4) is 0 Å². The summed E-state index contributed by atoms with van der Waals surface area (Å²) in [5, 5.41) is 3.59. The topological polar surface area (TPSA) is 17.4 Å². The average Bonchev–Trinajstić information content (AvgIpc) is 3.67. The zero-order valence-electron chi connectivity index (χ0n) is 28.3. The second-order valence-electron chi connectivity index (χ2n) is 13.8. The summed E-state index contributed by atoms with van der Waals surface area (Å²) in [5.74, 6) is -0.193. The van der Waals surface area contributed by atoms with Gasteiger partial charge in [0.05, 0.1) is 16.4 Å². The third-order valence-electron chi connectivity index (χ3n) is 10.9. The van der Waals surface area contributed by atoms with Crippen molar-refractivity contribution in [3.8, 4) is 33.7 Å². The maximum Gasteiger partial charge on any atom is 0.178 e. The van der Waals surface area contributed by atoms with Crippen LogP contribution in [0.25, 0.3) is 66.6 Å². The number of nitrogens with zero attached hydrogens (tertiary/aromatic N) is 2. The molecule has 51 heavy (non-hydrogen) atoms. The van der Waals surface area contributed by atoms with E-state index in [1.807, 2.05) is 21.0 Å². The lowest BCUT2D eigenvalue weighted by Gasteiger charge is -2.37. The molecule has 8 aromatic rings. The van der Waals surface area contributed by atoms with Gasteiger partial charge in [0.2, 0.25) is 0 Å². The molecule has 10 rings (SSSR count). The first-order chi connectivity index (χ1) is 24.8. The van der Waals surface area contributed by atoms with Gasteiger partial charge in [-0.3, -0.25) is 0 Å². The van der Waals surface area contributed by atoms with E-state index in [1.165, 1.54) is 22.9 Å². The summed E-state index contributed by atoms with van der Waals surface area (Å²) >= 11 is 0. The predicted octanol–water partition coefficient (Wildman–Crippen LogP) is 11.6. The summed E-state index contributed by atoms with van der Waals surface area (Å²) in [4.78, 5) is 2.06. The minimum atomic E-state index is -1.06. The van der Waals surface area contributed by atoms with Gasteiger partial charge in [-0.05, 0) is 95.4 Å². The van der Waals surface area contributed by atoms with Crippen LogP contribution in [-0.2, 0) is 5.60 Å². The number of aromatic nitrogens is 1. The Kier molecular flexibility index (Phi) is 6.20. The maximum absolute atomic E-state index is 16.3. The highest BCUT2D eigenvalue weighted by Gasteiger charge is 2.40. The molecule has 2 heterocycles. The maximum atomic E-state index is 16.3. The normalized spacial score (nSPS) is 15.7. The van der Waals surface area contributed by atoms with Crippen LogP contribution in [-0.4, -0.2) is 18.7 Å². The fraction of sp³-hybridized carbons (Fsp3) is 0.0870. The molecule has 7 aromatic carbocycles. The number of halogens is 2. The number of rotatable bonds is 4. The van der Waals surface area contributed by atoms with Gasteiger partial charge in [0.25, 0.3) is 0 Å². The van der Waals surface area contributed by atoms with Gasteiger partial charge in [0, 0.05) is 58.3 Å². The lowest BCUT2D eigenvalue weighted by molar-refractivity contribution is 0.163. The summed E-state index contributed by atoms with van der Waals surface area (Å²) < 4.78 is 40.5. The Morgan fingerprint density at radius 3 is 1.94 bits per heavy atom. The van der Waals surface area contributed by atoms with E-state index in [1.54, 1.807) is 18.2 Å². The highest BCUT2D eigenvalue weighted by Crippen LogP contribution is 2.56. The second-order valence-corrected chi connectivity index (χ2v) is 13.8.